The lowest BCUT2D eigenvalue weighted by Crippen LogP contribution is -2.10. The van der Waals surface area contributed by atoms with Crippen LogP contribution in [0.1, 0.15) is 16.8 Å². The van der Waals surface area contributed by atoms with E-state index in [1.807, 2.05) is 44.2 Å². The van der Waals surface area contributed by atoms with Gasteiger partial charge in [0.2, 0.25) is 0 Å². The summed E-state index contributed by atoms with van der Waals surface area (Å²) in [5, 5.41) is 3.26. The summed E-state index contributed by atoms with van der Waals surface area (Å²) in [6, 6.07) is 9.81. The van der Waals surface area contributed by atoms with E-state index < -0.39 is 0 Å². The van der Waals surface area contributed by atoms with E-state index >= 15 is 0 Å². The second kappa shape index (κ2) is 5.67. The van der Waals surface area contributed by atoms with Crippen molar-refractivity contribution in [1.29, 1.82) is 0 Å². The van der Waals surface area contributed by atoms with Crippen LogP contribution in [0.4, 0.5) is 11.5 Å². The molecule has 0 aliphatic rings. The van der Waals surface area contributed by atoms with E-state index in [4.69, 9.17) is 18.0 Å². The lowest BCUT2D eigenvalue weighted by Gasteiger charge is -2.10. The molecule has 0 atom stereocenters. The van der Waals surface area contributed by atoms with Crippen molar-refractivity contribution in [1.82, 2.24) is 4.98 Å². The molecule has 0 unspecified atom stereocenters. The molecule has 0 aliphatic carbocycles. The summed E-state index contributed by atoms with van der Waals surface area (Å²) >= 11 is 8.53. The quantitative estimate of drug-likeness (QED) is 0.836. The number of halogens is 1. The number of nitrogens with one attached hydrogen (secondary N) is 1. The normalized spacial score (nSPS) is 10.3. The van der Waals surface area contributed by atoms with Crippen LogP contribution in [0.15, 0.2) is 34.8 Å². The maximum atomic E-state index is 5.66. The highest BCUT2D eigenvalue weighted by Gasteiger charge is 2.05. The third-order valence-electron chi connectivity index (χ3n) is 2.63. The molecule has 1 aromatic heterocycles. The Balaban J connectivity index is 2.35. The molecule has 3 N–H and O–H groups in total. The average Bonchev–Trinajstić information content (AvgIpc) is 2.32. The first-order chi connectivity index (χ1) is 8.95. The molecule has 0 amide bonds. The standard InChI is InChI=1S/C14H14BrN3S/c1-8-3-4-12(11(15)5-8)18-13-7-10(14(16)19)6-9(2)17-13/h3-7H,1-2H3,(H2,16,19)(H,17,18). The Hall–Kier alpha value is -1.46. The van der Waals surface area contributed by atoms with E-state index in [0.29, 0.717) is 4.99 Å². The summed E-state index contributed by atoms with van der Waals surface area (Å²) in [7, 11) is 0. The minimum Gasteiger partial charge on any atom is -0.389 e. The lowest BCUT2D eigenvalue weighted by molar-refractivity contribution is 1.19. The van der Waals surface area contributed by atoms with Gasteiger partial charge in [0.05, 0.1) is 5.69 Å². The van der Waals surface area contributed by atoms with Crippen LogP contribution >= 0.6 is 28.1 Å². The van der Waals surface area contributed by atoms with Gasteiger partial charge in [-0.25, -0.2) is 4.98 Å². The number of anilines is 2. The van der Waals surface area contributed by atoms with E-state index in [1.54, 1.807) is 0 Å². The Morgan fingerprint density at radius 3 is 2.63 bits per heavy atom. The first-order valence-corrected chi connectivity index (χ1v) is 6.97. The third-order valence-corrected chi connectivity index (χ3v) is 3.52. The Labute approximate surface area is 126 Å². The van der Waals surface area contributed by atoms with Crippen LogP contribution in [-0.4, -0.2) is 9.97 Å². The molecule has 0 aliphatic heterocycles. The van der Waals surface area contributed by atoms with E-state index in [1.165, 1.54) is 5.56 Å². The number of hydrogen-bond acceptors (Lipinski definition) is 3. The molecule has 19 heavy (non-hydrogen) atoms. The number of rotatable bonds is 3. The molecule has 0 saturated heterocycles. The Morgan fingerprint density at radius 1 is 1.26 bits per heavy atom. The molecule has 98 valence electrons. The molecular weight excluding hydrogens is 322 g/mol. The second-order valence-corrected chi connectivity index (χ2v) is 5.65. The van der Waals surface area contributed by atoms with Crippen molar-refractivity contribution in [3.63, 3.8) is 0 Å². The van der Waals surface area contributed by atoms with Crippen LogP contribution < -0.4 is 11.1 Å². The van der Waals surface area contributed by atoms with Gasteiger partial charge >= 0.3 is 0 Å². The van der Waals surface area contributed by atoms with E-state index in [-0.39, 0.29) is 0 Å². The first-order valence-electron chi connectivity index (χ1n) is 5.77. The van der Waals surface area contributed by atoms with Gasteiger partial charge < -0.3 is 11.1 Å². The molecule has 0 spiro atoms. The molecule has 5 heteroatoms. The highest BCUT2D eigenvalue weighted by molar-refractivity contribution is 9.10. The molecule has 2 rings (SSSR count). The van der Waals surface area contributed by atoms with Gasteiger partial charge in [-0.1, -0.05) is 18.3 Å². The maximum Gasteiger partial charge on any atom is 0.131 e. The van der Waals surface area contributed by atoms with Gasteiger partial charge in [-0.3, -0.25) is 0 Å². The largest absolute Gasteiger partial charge is 0.389 e. The molecule has 3 nitrogen and oxygen atoms in total. The summed E-state index contributed by atoms with van der Waals surface area (Å²) in [6.07, 6.45) is 0. The number of aryl methyl sites for hydroxylation is 2. The van der Waals surface area contributed by atoms with E-state index in [9.17, 15) is 0 Å². The van der Waals surface area contributed by atoms with Crippen LogP contribution in [0.2, 0.25) is 0 Å². The van der Waals surface area contributed by atoms with Gasteiger partial charge in [0.1, 0.15) is 10.8 Å². The van der Waals surface area contributed by atoms with Crippen molar-refractivity contribution in [2.75, 3.05) is 5.32 Å². The van der Waals surface area contributed by atoms with Gasteiger partial charge in [0, 0.05) is 15.7 Å². The van der Waals surface area contributed by atoms with Crippen LogP contribution in [0.5, 0.6) is 0 Å². The van der Waals surface area contributed by atoms with E-state index in [0.717, 1.165) is 27.2 Å². The monoisotopic (exact) mass is 335 g/mol. The second-order valence-electron chi connectivity index (χ2n) is 4.35. The molecule has 0 bridgehead atoms. The van der Waals surface area contributed by atoms with Crippen LogP contribution in [-0.2, 0) is 0 Å². The molecule has 1 heterocycles. The molecule has 0 radical (unpaired) electrons. The summed E-state index contributed by atoms with van der Waals surface area (Å²) in [6.45, 7) is 3.96. The predicted molar refractivity (Wildman–Crippen MR) is 87.0 cm³/mol. The SMILES string of the molecule is Cc1ccc(Nc2cc(C(N)=S)cc(C)n2)c(Br)c1. The Kier molecular flexibility index (Phi) is 4.17. The van der Waals surface area contributed by atoms with Gasteiger partial charge in [-0.15, -0.1) is 0 Å². The lowest BCUT2D eigenvalue weighted by atomic mass is 10.2. The highest BCUT2D eigenvalue weighted by Crippen LogP contribution is 2.26. The number of thiocarbonyl (C=S) groups is 1. The maximum absolute atomic E-state index is 5.66. The minimum absolute atomic E-state index is 0.372. The fourth-order valence-corrected chi connectivity index (χ4v) is 2.44. The summed E-state index contributed by atoms with van der Waals surface area (Å²) < 4.78 is 0.993. The third kappa shape index (κ3) is 3.52. The van der Waals surface area contributed by atoms with Crippen LogP contribution in [0, 0.1) is 13.8 Å². The molecule has 0 saturated carbocycles. The number of pyridine rings is 1. The smallest absolute Gasteiger partial charge is 0.131 e. The minimum atomic E-state index is 0.372. The van der Waals surface area contributed by atoms with Crippen molar-refractivity contribution < 1.29 is 0 Å². The van der Waals surface area contributed by atoms with Crippen LogP contribution in [0.3, 0.4) is 0 Å². The van der Waals surface area contributed by atoms with Crippen molar-refractivity contribution >= 4 is 44.6 Å². The highest BCUT2D eigenvalue weighted by atomic mass is 79.9. The van der Waals surface area contributed by atoms with Gasteiger partial charge in [-0.05, 0) is 59.6 Å². The number of nitrogens with zero attached hydrogens (tertiary/aromatic N) is 1. The van der Waals surface area contributed by atoms with Gasteiger partial charge in [-0.2, -0.15) is 0 Å². The number of nitrogens with two attached hydrogens (primary N) is 1. The molecule has 0 fully saturated rings. The van der Waals surface area contributed by atoms with E-state index in [2.05, 4.69) is 26.2 Å². The van der Waals surface area contributed by atoms with Crippen molar-refractivity contribution in [3.05, 3.63) is 51.6 Å². The summed E-state index contributed by atoms with van der Waals surface area (Å²) in [5.41, 5.74) is 9.49. The topological polar surface area (TPSA) is 50.9 Å². The fraction of sp³-hybridized carbons (Fsp3) is 0.143. The number of benzene rings is 1. The predicted octanol–water partition coefficient (Wildman–Crippen LogP) is 3.84. The summed E-state index contributed by atoms with van der Waals surface area (Å²) in [4.78, 5) is 4.80. The number of hydrogen-bond donors (Lipinski definition) is 2. The Bertz CT molecular complexity index is 641. The number of aromatic nitrogens is 1. The van der Waals surface area contributed by atoms with Crippen LogP contribution in [0.25, 0.3) is 0 Å². The fourth-order valence-electron chi connectivity index (χ4n) is 1.73. The van der Waals surface area contributed by atoms with Gasteiger partial charge in [0.15, 0.2) is 0 Å². The zero-order chi connectivity index (χ0) is 14.0. The van der Waals surface area contributed by atoms with Crippen molar-refractivity contribution in [2.24, 2.45) is 5.73 Å². The zero-order valence-corrected chi connectivity index (χ0v) is 13.1. The Morgan fingerprint density at radius 2 is 2.00 bits per heavy atom. The van der Waals surface area contributed by atoms with Gasteiger partial charge in [0.25, 0.3) is 0 Å². The average molecular weight is 336 g/mol. The first kappa shape index (κ1) is 14.0. The molecular formula is C14H14BrN3S. The van der Waals surface area contributed by atoms with Crippen molar-refractivity contribution in [3.8, 4) is 0 Å². The summed E-state index contributed by atoms with van der Waals surface area (Å²) in [5.74, 6) is 0.729. The zero-order valence-electron chi connectivity index (χ0n) is 10.7. The van der Waals surface area contributed by atoms with Crippen molar-refractivity contribution in [2.45, 2.75) is 13.8 Å². The molecule has 1 aromatic carbocycles. The molecule has 2 aromatic rings.